The quantitative estimate of drug-likeness (QED) is 0.708. The maximum absolute atomic E-state index is 12.9. The Balaban J connectivity index is 0.00000192. The van der Waals surface area contributed by atoms with Crippen LogP contribution in [0, 0.1) is 5.82 Å². The van der Waals surface area contributed by atoms with Crippen LogP contribution in [0.1, 0.15) is 10.4 Å². The molecule has 0 spiro atoms. The SMILES string of the molecule is Cl.O=C(O)c1cccc(Nc2nc(-c3ccc(F)cc3)cs2)c1. The van der Waals surface area contributed by atoms with E-state index in [1.807, 2.05) is 5.38 Å². The molecule has 3 aromatic rings. The molecule has 2 N–H and O–H groups in total. The lowest BCUT2D eigenvalue weighted by Gasteiger charge is -2.03. The van der Waals surface area contributed by atoms with E-state index >= 15 is 0 Å². The highest BCUT2D eigenvalue weighted by molar-refractivity contribution is 7.14. The Morgan fingerprint density at radius 1 is 1.17 bits per heavy atom. The lowest BCUT2D eigenvalue weighted by Crippen LogP contribution is -1.97. The minimum absolute atomic E-state index is 0. The summed E-state index contributed by atoms with van der Waals surface area (Å²) in [6.07, 6.45) is 0. The highest BCUT2D eigenvalue weighted by atomic mass is 35.5. The zero-order valence-corrected chi connectivity index (χ0v) is 13.3. The van der Waals surface area contributed by atoms with Crippen molar-refractivity contribution < 1.29 is 14.3 Å². The Kier molecular flexibility index (Phi) is 5.31. The van der Waals surface area contributed by atoms with Crippen LogP contribution < -0.4 is 5.32 Å². The molecule has 0 bridgehead atoms. The molecule has 1 aromatic heterocycles. The molecule has 0 saturated carbocycles. The Bertz CT molecular complexity index is 821. The summed E-state index contributed by atoms with van der Waals surface area (Å²) in [7, 11) is 0. The number of aromatic nitrogens is 1. The monoisotopic (exact) mass is 350 g/mol. The molecule has 0 aliphatic rings. The second-order valence-electron chi connectivity index (χ2n) is 4.56. The van der Waals surface area contributed by atoms with Gasteiger partial charge in [0.05, 0.1) is 11.3 Å². The number of nitrogens with zero attached hydrogens (tertiary/aromatic N) is 1. The molecule has 0 amide bonds. The fourth-order valence-electron chi connectivity index (χ4n) is 1.94. The number of hydrogen-bond acceptors (Lipinski definition) is 4. The van der Waals surface area contributed by atoms with E-state index in [9.17, 15) is 9.18 Å². The molecule has 1 heterocycles. The highest BCUT2D eigenvalue weighted by Gasteiger charge is 2.07. The summed E-state index contributed by atoms with van der Waals surface area (Å²) < 4.78 is 12.9. The van der Waals surface area contributed by atoms with Crippen LogP contribution in [0.5, 0.6) is 0 Å². The number of aromatic carboxylic acids is 1. The molecule has 23 heavy (non-hydrogen) atoms. The fraction of sp³-hybridized carbons (Fsp3) is 0. The third kappa shape index (κ3) is 4.06. The van der Waals surface area contributed by atoms with Crippen molar-refractivity contribution in [2.75, 3.05) is 5.32 Å². The second-order valence-corrected chi connectivity index (χ2v) is 5.41. The van der Waals surface area contributed by atoms with Crippen LogP contribution in [0.3, 0.4) is 0 Å². The van der Waals surface area contributed by atoms with Crippen LogP contribution in [-0.2, 0) is 0 Å². The molecule has 0 aliphatic carbocycles. The van der Waals surface area contributed by atoms with Crippen molar-refractivity contribution >= 4 is 40.5 Å². The molecule has 0 saturated heterocycles. The van der Waals surface area contributed by atoms with Gasteiger partial charge in [0.25, 0.3) is 0 Å². The third-order valence-corrected chi connectivity index (χ3v) is 3.76. The van der Waals surface area contributed by atoms with Gasteiger partial charge in [-0.25, -0.2) is 14.2 Å². The van der Waals surface area contributed by atoms with Gasteiger partial charge in [-0.1, -0.05) is 6.07 Å². The minimum Gasteiger partial charge on any atom is -0.478 e. The van der Waals surface area contributed by atoms with Crippen molar-refractivity contribution in [1.82, 2.24) is 4.98 Å². The van der Waals surface area contributed by atoms with E-state index in [0.717, 1.165) is 11.3 Å². The number of rotatable bonds is 4. The first-order chi connectivity index (χ1) is 10.6. The predicted molar refractivity (Wildman–Crippen MR) is 91.4 cm³/mol. The highest BCUT2D eigenvalue weighted by Crippen LogP contribution is 2.27. The van der Waals surface area contributed by atoms with E-state index in [4.69, 9.17) is 5.11 Å². The van der Waals surface area contributed by atoms with E-state index in [1.165, 1.54) is 29.5 Å². The number of nitrogens with one attached hydrogen (secondary N) is 1. The lowest BCUT2D eigenvalue weighted by atomic mass is 10.2. The molecule has 118 valence electrons. The molecule has 0 aliphatic heterocycles. The zero-order chi connectivity index (χ0) is 15.5. The van der Waals surface area contributed by atoms with Gasteiger partial charge >= 0.3 is 5.97 Å². The van der Waals surface area contributed by atoms with Crippen molar-refractivity contribution in [2.45, 2.75) is 0 Å². The van der Waals surface area contributed by atoms with E-state index in [0.29, 0.717) is 10.8 Å². The molecule has 2 aromatic carbocycles. The van der Waals surface area contributed by atoms with E-state index in [2.05, 4.69) is 10.3 Å². The van der Waals surface area contributed by atoms with Crippen LogP contribution in [0.2, 0.25) is 0 Å². The van der Waals surface area contributed by atoms with Crippen LogP contribution in [0.4, 0.5) is 15.2 Å². The molecule has 0 fully saturated rings. The molecule has 4 nitrogen and oxygen atoms in total. The van der Waals surface area contributed by atoms with Gasteiger partial charge in [0, 0.05) is 16.6 Å². The average molecular weight is 351 g/mol. The normalized spacial score (nSPS) is 9.96. The smallest absolute Gasteiger partial charge is 0.335 e. The van der Waals surface area contributed by atoms with Crippen molar-refractivity contribution in [3.8, 4) is 11.3 Å². The lowest BCUT2D eigenvalue weighted by molar-refractivity contribution is 0.0697. The maximum Gasteiger partial charge on any atom is 0.335 e. The van der Waals surface area contributed by atoms with Crippen molar-refractivity contribution in [2.24, 2.45) is 0 Å². The Labute approximate surface area is 142 Å². The van der Waals surface area contributed by atoms with Crippen LogP contribution in [-0.4, -0.2) is 16.1 Å². The summed E-state index contributed by atoms with van der Waals surface area (Å²) in [5, 5.41) is 14.5. The first-order valence-electron chi connectivity index (χ1n) is 6.44. The van der Waals surface area contributed by atoms with Gasteiger partial charge in [0.2, 0.25) is 0 Å². The standard InChI is InChI=1S/C16H11FN2O2S.ClH/c17-12-6-4-10(5-7-12)14-9-22-16(19-14)18-13-3-1-2-11(8-13)15(20)21;/h1-9H,(H,18,19)(H,20,21);1H. The van der Waals surface area contributed by atoms with Crippen molar-refractivity contribution in [3.63, 3.8) is 0 Å². The first kappa shape index (κ1) is 16.9. The summed E-state index contributed by atoms with van der Waals surface area (Å²) in [6, 6.07) is 12.6. The van der Waals surface area contributed by atoms with Gasteiger partial charge in [-0.05, 0) is 42.5 Å². The largest absolute Gasteiger partial charge is 0.478 e. The molecule has 7 heteroatoms. The van der Waals surface area contributed by atoms with Crippen molar-refractivity contribution in [1.29, 1.82) is 0 Å². The number of hydrogen-bond donors (Lipinski definition) is 2. The molecular formula is C16H12ClFN2O2S. The van der Waals surface area contributed by atoms with Crippen LogP contribution in [0.15, 0.2) is 53.9 Å². The number of carboxylic acid groups (broad SMARTS) is 1. The Morgan fingerprint density at radius 3 is 2.61 bits per heavy atom. The topological polar surface area (TPSA) is 62.2 Å². The summed E-state index contributed by atoms with van der Waals surface area (Å²) in [6.45, 7) is 0. The number of thiazole rings is 1. The molecule has 3 rings (SSSR count). The van der Waals surface area contributed by atoms with E-state index in [-0.39, 0.29) is 23.8 Å². The summed E-state index contributed by atoms with van der Waals surface area (Å²) >= 11 is 1.39. The Morgan fingerprint density at radius 2 is 1.91 bits per heavy atom. The molecular weight excluding hydrogens is 339 g/mol. The molecule has 0 radical (unpaired) electrons. The number of carboxylic acids is 1. The molecule has 0 atom stereocenters. The summed E-state index contributed by atoms with van der Waals surface area (Å²) in [5.41, 5.74) is 2.42. The first-order valence-corrected chi connectivity index (χ1v) is 7.31. The van der Waals surface area contributed by atoms with Gasteiger partial charge in [-0.15, -0.1) is 23.7 Å². The van der Waals surface area contributed by atoms with Crippen LogP contribution >= 0.6 is 23.7 Å². The van der Waals surface area contributed by atoms with Crippen LogP contribution in [0.25, 0.3) is 11.3 Å². The zero-order valence-electron chi connectivity index (χ0n) is 11.7. The fourth-order valence-corrected chi connectivity index (χ4v) is 2.68. The van der Waals surface area contributed by atoms with E-state index < -0.39 is 5.97 Å². The van der Waals surface area contributed by atoms with Gasteiger partial charge in [-0.2, -0.15) is 0 Å². The molecule has 0 unspecified atom stereocenters. The van der Waals surface area contributed by atoms with E-state index in [1.54, 1.807) is 30.3 Å². The second kappa shape index (κ2) is 7.21. The predicted octanol–water partition coefficient (Wildman–Crippen LogP) is 4.81. The average Bonchev–Trinajstić information content (AvgIpc) is 2.96. The number of carbonyl (C=O) groups is 1. The summed E-state index contributed by atoms with van der Waals surface area (Å²) in [5.74, 6) is -1.27. The van der Waals surface area contributed by atoms with Gasteiger partial charge in [0.1, 0.15) is 5.82 Å². The number of anilines is 2. The third-order valence-electron chi connectivity index (χ3n) is 3.00. The van der Waals surface area contributed by atoms with Crippen molar-refractivity contribution in [3.05, 3.63) is 65.3 Å². The number of benzene rings is 2. The van der Waals surface area contributed by atoms with Gasteiger partial charge in [-0.3, -0.25) is 0 Å². The van der Waals surface area contributed by atoms with Gasteiger partial charge in [0.15, 0.2) is 5.13 Å². The minimum atomic E-state index is -0.977. The maximum atomic E-state index is 12.9. The number of halogens is 2. The summed E-state index contributed by atoms with van der Waals surface area (Å²) in [4.78, 5) is 15.4. The van der Waals surface area contributed by atoms with Gasteiger partial charge < -0.3 is 10.4 Å². The Hall–Kier alpha value is -2.44.